The molecule has 1 amide bonds. The van der Waals surface area contributed by atoms with E-state index in [0.717, 1.165) is 23.6 Å². The molecule has 1 aliphatic rings. The second-order valence-electron chi connectivity index (χ2n) is 7.15. The van der Waals surface area contributed by atoms with Crippen LogP contribution in [0.3, 0.4) is 0 Å². The van der Waals surface area contributed by atoms with Crippen LogP contribution in [0.2, 0.25) is 5.02 Å². The first-order chi connectivity index (χ1) is 13.9. The molecule has 0 atom stereocenters. The third-order valence-corrected chi connectivity index (χ3v) is 7.52. The molecule has 29 heavy (non-hydrogen) atoms. The lowest BCUT2D eigenvalue weighted by atomic mass is 10.1. The molecule has 150 valence electrons. The molecule has 1 saturated heterocycles. The molecule has 0 unspecified atom stereocenters. The van der Waals surface area contributed by atoms with Crippen LogP contribution in [0.5, 0.6) is 0 Å². The molecule has 0 spiro atoms. The molecule has 3 aromatic carbocycles. The van der Waals surface area contributed by atoms with E-state index in [0.29, 0.717) is 18.8 Å². The molecule has 0 bridgehead atoms. The minimum atomic E-state index is -3.63. The van der Waals surface area contributed by atoms with Gasteiger partial charge in [0, 0.05) is 25.8 Å². The second-order valence-corrected chi connectivity index (χ2v) is 9.49. The van der Waals surface area contributed by atoms with Crippen molar-refractivity contribution in [1.82, 2.24) is 4.31 Å². The first-order valence-electron chi connectivity index (χ1n) is 9.44. The maximum atomic E-state index is 13.1. The van der Waals surface area contributed by atoms with Crippen LogP contribution in [0.25, 0.3) is 10.8 Å². The van der Waals surface area contributed by atoms with E-state index in [9.17, 15) is 13.2 Å². The van der Waals surface area contributed by atoms with Gasteiger partial charge in [-0.2, -0.15) is 4.31 Å². The Morgan fingerprint density at radius 2 is 1.66 bits per heavy atom. The lowest BCUT2D eigenvalue weighted by molar-refractivity contribution is 0.0993. The quantitative estimate of drug-likeness (QED) is 0.612. The van der Waals surface area contributed by atoms with Gasteiger partial charge in [-0.3, -0.25) is 4.79 Å². The molecule has 1 aliphatic heterocycles. The number of benzene rings is 3. The maximum absolute atomic E-state index is 13.1. The number of fused-ring (bicyclic) bond motifs is 1. The Kier molecular flexibility index (Phi) is 5.34. The van der Waals surface area contributed by atoms with Crippen molar-refractivity contribution in [3.63, 3.8) is 0 Å². The highest BCUT2D eigenvalue weighted by Gasteiger charge is 2.29. The van der Waals surface area contributed by atoms with E-state index < -0.39 is 10.0 Å². The van der Waals surface area contributed by atoms with Gasteiger partial charge in [0.2, 0.25) is 10.0 Å². The largest absolute Gasteiger partial charge is 0.311 e. The highest BCUT2D eigenvalue weighted by Crippen LogP contribution is 2.28. The zero-order valence-corrected chi connectivity index (χ0v) is 17.6. The van der Waals surface area contributed by atoms with Crippen LogP contribution in [0.4, 0.5) is 5.69 Å². The molecule has 1 fully saturated rings. The van der Waals surface area contributed by atoms with Gasteiger partial charge in [0.05, 0.1) is 15.5 Å². The van der Waals surface area contributed by atoms with Gasteiger partial charge >= 0.3 is 0 Å². The molecule has 4 rings (SSSR count). The van der Waals surface area contributed by atoms with E-state index in [4.69, 9.17) is 11.6 Å². The van der Waals surface area contributed by atoms with E-state index in [-0.39, 0.29) is 21.4 Å². The Morgan fingerprint density at radius 3 is 2.38 bits per heavy atom. The van der Waals surface area contributed by atoms with E-state index in [2.05, 4.69) is 0 Å². The molecule has 3 aromatic rings. The molecule has 1 heterocycles. The maximum Gasteiger partial charge on any atom is 0.259 e. The summed E-state index contributed by atoms with van der Waals surface area (Å²) in [5, 5.41) is 2.32. The molecule has 0 aromatic heterocycles. The molecule has 5 nitrogen and oxygen atoms in total. The van der Waals surface area contributed by atoms with Gasteiger partial charge in [0.1, 0.15) is 0 Å². The van der Waals surface area contributed by atoms with Crippen molar-refractivity contribution in [1.29, 1.82) is 0 Å². The molecular formula is C22H21ClN2O3S. The molecule has 0 radical (unpaired) electrons. The topological polar surface area (TPSA) is 57.7 Å². The molecule has 0 aliphatic carbocycles. The fraction of sp³-hybridized carbons (Fsp3) is 0.227. The third kappa shape index (κ3) is 3.75. The summed E-state index contributed by atoms with van der Waals surface area (Å²) >= 11 is 6.27. The fourth-order valence-electron chi connectivity index (χ4n) is 3.59. The fourth-order valence-corrected chi connectivity index (χ4v) is 5.33. The number of halogens is 1. The third-order valence-electron chi connectivity index (χ3n) is 5.30. The van der Waals surface area contributed by atoms with Crippen molar-refractivity contribution in [2.45, 2.75) is 17.7 Å². The first-order valence-corrected chi connectivity index (χ1v) is 11.3. The van der Waals surface area contributed by atoms with Crippen molar-refractivity contribution in [2.75, 3.05) is 25.0 Å². The van der Waals surface area contributed by atoms with Crippen LogP contribution in [-0.4, -0.2) is 38.8 Å². The number of carbonyl (C=O) groups is 1. The highest BCUT2D eigenvalue weighted by atomic mass is 35.5. The minimum Gasteiger partial charge on any atom is -0.311 e. The van der Waals surface area contributed by atoms with Crippen LogP contribution in [0.15, 0.2) is 65.6 Å². The Morgan fingerprint density at radius 1 is 0.966 bits per heavy atom. The summed E-state index contributed by atoms with van der Waals surface area (Å²) < 4.78 is 27.2. The van der Waals surface area contributed by atoms with Gasteiger partial charge in [-0.05, 0) is 53.9 Å². The average Bonchev–Trinajstić information content (AvgIpc) is 3.28. The first kappa shape index (κ1) is 19.9. The van der Waals surface area contributed by atoms with Gasteiger partial charge in [-0.25, -0.2) is 8.42 Å². The summed E-state index contributed by atoms with van der Waals surface area (Å²) in [5.74, 6) is -0.358. The number of hydrogen-bond acceptors (Lipinski definition) is 3. The minimum absolute atomic E-state index is 0.0964. The highest BCUT2D eigenvalue weighted by molar-refractivity contribution is 7.89. The van der Waals surface area contributed by atoms with Crippen molar-refractivity contribution in [3.8, 4) is 0 Å². The van der Waals surface area contributed by atoms with Crippen LogP contribution < -0.4 is 4.90 Å². The van der Waals surface area contributed by atoms with Gasteiger partial charge in [-0.15, -0.1) is 0 Å². The summed E-state index contributed by atoms with van der Waals surface area (Å²) in [6.07, 6.45) is 1.70. The van der Waals surface area contributed by atoms with E-state index in [1.54, 1.807) is 7.05 Å². The Hall–Kier alpha value is -2.41. The Labute approximate surface area is 175 Å². The second kappa shape index (κ2) is 7.78. The number of amides is 1. The summed E-state index contributed by atoms with van der Waals surface area (Å²) in [7, 11) is -1.97. The molecular weight excluding hydrogens is 408 g/mol. The number of hydrogen-bond donors (Lipinski definition) is 0. The van der Waals surface area contributed by atoms with Gasteiger partial charge in [-0.1, -0.05) is 41.9 Å². The number of anilines is 1. The van der Waals surface area contributed by atoms with Crippen molar-refractivity contribution < 1.29 is 13.2 Å². The summed E-state index contributed by atoms with van der Waals surface area (Å²) in [4.78, 5) is 14.7. The molecule has 0 saturated carbocycles. The Balaban J connectivity index is 1.68. The molecule has 7 heteroatoms. The lowest BCUT2D eigenvalue weighted by Crippen LogP contribution is -2.29. The van der Waals surface area contributed by atoms with Crippen molar-refractivity contribution in [3.05, 3.63) is 71.2 Å². The van der Waals surface area contributed by atoms with E-state index in [1.807, 2.05) is 42.5 Å². The monoisotopic (exact) mass is 428 g/mol. The summed E-state index contributed by atoms with van der Waals surface area (Å²) in [5.41, 5.74) is 0.875. The lowest BCUT2D eigenvalue weighted by Gasteiger charge is -2.20. The Bertz CT molecular complexity index is 1190. The number of rotatable bonds is 4. The molecule has 0 N–H and O–H groups in total. The van der Waals surface area contributed by atoms with Gasteiger partial charge in [0.15, 0.2) is 0 Å². The zero-order chi connectivity index (χ0) is 20.6. The van der Waals surface area contributed by atoms with Crippen LogP contribution in [0, 0.1) is 0 Å². The standard InChI is InChI=1S/C22H21ClN2O3S/c1-24(18-9-8-16-6-2-3-7-17(16)14-18)22(26)20-15-19(10-11-21(20)23)29(27,28)25-12-4-5-13-25/h2-3,6-11,14-15H,4-5,12-13H2,1H3. The van der Waals surface area contributed by atoms with Crippen molar-refractivity contribution in [2.24, 2.45) is 0 Å². The van der Waals surface area contributed by atoms with Crippen LogP contribution in [-0.2, 0) is 10.0 Å². The predicted molar refractivity (Wildman–Crippen MR) is 116 cm³/mol. The van der Waals surface area contributed by atoms with Crippen LogP contribution >= 0.6 is 11.6 Å². The zero-order valence-electron chi connectivity index (χ0n) is 16.0. The van der Waals surface area contributed by atoms with Gasteiger partial charge in [0.25, 0.3) is 5.91 Å². The van der Waals surface area contributed by atoms with Gasteiger partial charge < -0.3 is 4.90 Å². The smallest absolute Gasteiger partial charge is 0.259 e. The average molecular weight is 429 g/mol. The predicted octanol–water partition coefficient (Wildman–Crippen LogP) is 4.55. The number of sulfonamides is 1. The van der Waals surface area contributed by atoms with E-state index >= 15 is 0 Å². The number of carbonyl (C=O) groups excluding carboxylic acids is 1. The SMILES string of the molecule is CN(C(=O)c1cc(S(=O)(=O)N2CCCC2)ccc1Cl)c1ccc2ccccc2c1. The van der Waals surface area contributed by atoms with E-state index in [1.165, 1.54) is 27.4 Å². The number of nitrogens with zero attached hydrogens (tertiary/aromatic N) is 2. The normalized spacial score (nSPS) is 15.0. The van der Waals surface area contributed by atoms with Crippen LogP contribution in [0.1, 0.15) is 23.2 Å². The van der Waals surface area contributed by atoms with Crippen molar-refractivity contribution >= 4 is 44.0 Å². The summed E-state index contributed by atoms with van der Waals surface area (Å²) in [6.45, 7) is 1.01. The summed E-state index contributed by atoms with van der Waals surface area (Å²) in [6, 6.07) is 17.9.